The van der Waals surface area contributed by atoms with Gasteiger partial charge in [0, 0.05) is 16.8 Å². The standard InChI is InChI=1S/C24H25NO3/c1-4-27-23-14-13-19(15-20(23)16-28-21-10-6-5-7-11-21)24(26)25-22-12-8-9-17(2)18(22)3/h5-15H,4,16H2,1-3H3,(H,25,26). The highest BCUT2D eigenvalue weighted by molar-refractivity contribution is 6.05. The van der Waals surface area contributed by atoms with Crippen molar-refractivity contribution in [2.45, 2.75) is 27.4 Å². The Bertz CT molecular complexity index is 951. The van der Waals surface area contributed by atoms with Crippen LogP contribution in [0.15, 0.2) is 66.7 Å². The maximum absolute atomic E-state index is 12.8. The summed E-state index contributed by atoms with van der Waals surface area (Å²) in [6.45, 7) is 6.84. The van der Waals surface area contributed by atoms with Crippen LogP contribution in [0.2, 0.25) is 0 Å². The summed E-state index contributed by atoms with van der Waals surface area (Å²) in [6.07, 6.45) is 0. The molecular formula is C24H25NO3. The van der Waals surface area contributed by atoms with Crippen molar-refractivity contribution in [2.24, 2.45) is 0 Å². The van der Waals surface area contributed by atoms with Gasteiger partial charge in [0.2, 0.25) is 0 Å². The van der Waals surface area contributed by atoms with Crippen molar-refractivity contribution in [3.8, 4) is 11.5 Å². The van der Waals surface area contributed by atoms with E-state index in [1.54, 1.807) is 6.07 Å². The van der Waals surface area contributed by atoms with Gasteiger partial charge in [-0.1, -0.05) is 30.3 Å². The number of carbonyl (C=O) groups excluding carboxylic acids is 1. The Morgan fingerprint density at radius 2 is 1.71 bits per heavy atom. The van der Waals surface area contributed by atoms with Crippen LogP contribution in [-0.2, 0) is 6.61 Å². The quantitative estimate of drug-likeness (QED) is 0.590. The van der Waals surface area contributed by atoms with Crippen molar-refractivity contribution in [3.05, 3.63) is 89.0 Å². The van der Waals surface area contributed by atoms with Crippen LogP contribution in [-0.4, -0.2) is 12.5 Å². The molecule has 1 N–H and O–H groups in total. The Morgan fingerprint density at radius 1 is 0.929 bits per heavy atom. The monoisotopic (exact) mass is 375 g/mol. The van der Waals surface area contributed by atoms with Gasteiger partial charge < -0.3 is 14.8 Å². The molecule has 0 atom stereocenters. The van der Waals surface area contributed by atoms with Crippen LogP contribution < -0.4 is 14.8 Å². The van der Waals surface area contributed by atoms with Gasteiger partial charge in [-0.15, -0.1) is 0 Å². The number of ether oxygens (including phenoxy) is 2. The fourth-order valence-electron chi connectivity index (χ4n) is 2.89. The lowest BCUT2D eigenvalue weighted by Crippen LogP contribution is -2.14. The molecule has 0 saturated carbocycles. The third-order valence-corrected chi connectivity index (χ3v) is 4.61. The van der Waals surface area contributed by atoms with E-state index in [1.807, 2.05) is 81.4 Å². The SMILES string of the molecule is CCOc1ccc(C(=O)Nc2cccc(C)c2C)cc1COc1ccccc1. The zero-order valence-electron chi connectivity index (χ0n) is 16.5. The molecule has 0 aromatic heterocycles. The molecule has 0 spiro atoms. The van der Waals surface area contributed by atoms with Gasteiger partial charge in [-0.3, -0.25) is 4.79 Å². The Hall–Kier alpha value is -3.27. The van der Waals surface area contributed by atoms with Gasteiger partial charge in [-0.25, -0.2) is 0 Å². The number of nitrogens with one attached hydrogen (secondary N) is 1. The Labute approximate surface area is 166 Å². The second-order valence-corrected chi connectivity index (χ2v) is 6.56. The summed E-state index contributed by atoms with van der Waals surface area (Å²) in [5.74, 6) is 1.34. The van der Waals surface area contributed by atoms with E-state index in [0.717, 1.165) is 33.9 Å². The minimum absolute atomic E-state index is 0.155. The van der Waals surface area contributed by atoms with Crippen LogP contribution in [0.5, 0.6) is 11.5 Å². The highest BCUT2D eigenvalue weighted by Gasteiger charge is 2.13. The lowest BCUT2D eigenvalue weighted by atomic mass is 10.1. The van der Waals surface area contributed by atoms with Crippen molar-refractivity contribution in [1.29, 1.82) is 0 Å². The summed E-state index contributed by atoms with van der Waals surface area (Å²) in [5, 5.41) is 3.00. The number of aryl methyl sites for hydroxylation is 1. The second-order valence-electron chi connectivity index (χ2n) is 6.56. The first-order chi connectivity index (χ1) is 13.6. The second kappa shape index (κ2) is 9.09. The van der Waals surface area contributed by atoms with Crippen LogP contribution >= 0.6 is 0 Å². The number of benzene rings is 3. The Morgan fingerprint density at radius 3 is 2.46 bits per heavy atom. The summed E-state index contributed by atoms with van der Waals surface area (Å²) in [4.78, 5) is 12.8. The zero-order chi connectivity index (χ0) is 19.9. The number of hydrogen-bond donors (Lipinski definition) is 1. The molecule has 0 heterocycles. The van der Waals surface area contributed by atoms with Crippen LogP contribution in [0.25, 0.3) is 0 Å². The Kier molecular flexibility index (Phi) is 6.33. The predicted molar refractivity (Wildman–Crippen MR) is 112 cm³/mol. The van der Waals surface area contributed by atoms with Crippen LogP contribution in [0.1, 0.15) is 34.0 Å². The van der Waals surface area contributed by atoms with Gasteiger partial charge in [0.1, 0.15) is 18.1 Å². The van der Waals surface area contributed by atoms with Crippen molar-refractivity contribution >= 4 is 11.6 Å². The molecule has 4 nitrogen and oxygen atoms in total. The third-order valence-electron chi connectivity index (χ3n) is 4.61. The molecule has 1 amide bonds. The Balaban J connectivity index is 1.81. The average molecular weight is 375 g/mol. The number of carbonyl (C=O) groups is 1. The fourth-order valence-corrected chi connectivity index (χ4v) is 2.89. The van der Waals surface area contributed by atoms with E-state index in [1.165, 1.54) is 0 Å². The minimum Gasteiger partial charge on any atom is -0.493 e. The minimum atomic E-state index is -0.155. The third kappa shape index (κ3) is 4.71. The summed E-state index contributed by atoms with van der Waals surface area (Å²) in [6, 6.07) is 20.9. The summed E-state index contributed by atoms with van der Waals surface area (Å²) >= 11 is 0. The molecule has 0 unspecified atom stereocenters. The lowest BCUT2D eigenvalue weighted by molar-refractivity contribution is 0.102. The van der Waals surface area contributed by atoms with E-state index in [0.29, 0.717) is 18.8 Å². The molecule has 4 heteroatoms. The average Bonchev–Trinajstić information content (AvgIpc) is 2.71. The van der Waals surface area contributed by atoms with Crippen molar-refractivity contribution in [2.75, 3.05) is 11.9 Å². The topological polar surface area (TPSA) is 47.6 Å². The van der Waals surface area contributed by atoms with Crippen LogP contribution in [0.3, 0.4) is 0 Å². The number of rotatable bonds is 7. The first-order valence-corrected chi connectivity index (χ1v) is 9.39. The maximum Gasteiger partial charge on any atom is 0.255 e. The summed E-state index contributed by atoms with van der Waals surface area (Å²) in [7, 11) is 0. The van der Waals surface area contributed by atoms with Gasteiger partial charge in [0.25, 0.3) is 5.91 Å². The summed E-state index contributed by atoms with van der Waals surface area (Å²) in [5.41, 5.74) is 4.42. The van der Waals surface area contributed by atoms with Crippen molar-refractivity contribution < 1.29 is 14.3 Å². The van der Waals surface area contributed by atoms with E-state index in [2.05, 4.69) is 5.32 Å². The highest BCUT2D eigenvalue weighted by Crippen LogP contribution is 2.24. The van der Waals surface area contributed by atoms with Gasteiger partial charge in [-0.05, 0) is 68.3 Å². The molecule has 0 fully saturated rings. The smallest absolute Gasteiger partial charge is 0.255 e. The molecule has 0 radical (unpaired) electrons. The molecule has 0 aliphatic rings. The normalized spacial score (nSPS) is 10.4. The van der Waals surface area contributed by atoms with Crippen LogP contribution in [0, 0.1) is 13.8 Å². The van der Waals surface area contributed by atoms with Gasteiger partial charge >= 0.3 is 0 Å². The number of amides is 1. The van der Waals surface area contributed by atoms with Gasteiger partial charge in [0.15, 0.2) is 0 Å². The zero-order valence-corrected chi connectivity index (χ0v) is 16.5. The highest BCUT2D eigenvalue weighted by atomic mass is 16.5. The molecule has 0 aliphatic carbocycles. The molecule has 0 bridgehead atoms. The summed E-state index contributed by atoms with van der Waals surface area (Å²) < 4.78 is 11.6. The maximum atomic E-state index is 12.8. The molecule has 144 valence electrons. The largest absolute Gasteiger partial charge is 0.493 e. The number of para-hydroxylation sites is 1. The predicted octanol–water partition coefficient (Wildman–Crippen LogP) is 5.53. The van der Waals surface area contributed by atoms with E-state index >= 15 is 0 Å². The molecule has 0 aliphatic heterocycles. The molecule has 3 rings (SSSR count). The first kappa shape index (κ1) is 19.5. The lowest BCUT2D eigenvalue weighted by Gasteiger charge is -2.14. The van der Waals surface area contributed by atoms with Crippen molar-refractivity contribution in [3.63, 3.8) is 0 Å². The molecule has 3 aromatic rings. The van der Waals surface area contributed by atoms with Crippen LogP contribution in [0.4, 0.5) is 5.69 Å². The first-order valence-electron chi connectivity index (χ1n) is 9.39. The number of anilines is 1. The molecular weight excluding hydrogens is 350 g/mol. The van der Waals surface area contributed by atoms with E-state index in [9.17, 15) is 4.79 Å². The molecule has 3 aromatic carbocycles. The molecule has 28 heavy (non-hydrogen) atoms. The van der Waals surface area contributed by atoms with Gasteiger partial charge in [-0.2, -0.15) is 0 Å². The number of hydrogen-bond acceptors (Lipinski definition) is 3. The fraction of sp³-hybridized carbons (Fsp3) is 0.208. The van der Waals surface area contributed by atoms with Gasteiger partial charge in [0.05, 0.1) is 6.61 Å². The van der Waals surface area contributed by atoms with E-state index in [-0.39, 0.29) is 5.91 Å². The van der Waals surface area contributed by atoms with E-state index < -0.39 is 0 Å². The van der Waals surface area contributed by atoms with Crippen molar-refractivity contribution in [1.82, 2.24) is 0 Å². The van der Waals surface area contributed by atoms with E-state index in [4.69, 9.17) is 9.47 Å². The molecule has 0 saturated heterocycles.